The van der Waals surface area contributed by atoms with Gasteiger partial charge in [-0.25, -0.2) is 9.67 Å². The van der Waals surface area contributed by atoms with Crippen LogP contribution in [0.25, 0.3) is 16.7 Å². The van der Waals surface area contributed by atoms with E-state index in [1.165, 1.54) is 0 Å². The minimum Gasteiger partial charge on any atom is -0.399 e. The van der Waals surface area contributed by atoms with Crippen LogP contribution in [-0.4, -0.2) is 47.2 Å². The molecule has 0 spiro atoms. The van der Waals surface area contributed by atoms with E-state index in [0.29, 0.717) is 0 Å². The molecule has 0 radical (unpaired) electrons. The zero-order chi connectivity index (χ0) is 19.4. The number of fused-ring (bicyclic) bond motifs is 1. The Balaban J connectivity index is 1.82. The first-order valence-electron chi connectivity index (χ1n) is 9.17. The van der Waals surface area contributed by atoms with Crippen molar-refractivity contribution in [1.82, 2.24) is 14.8 Å². The normalized spacial score (nSPS) is 18.2. The molecule has 1 aromatic carbocycles. The number of hydrogen-bond donors (Lipinski definition) is 0. The van der Waals surface area contributed by atoms with Crippen LogP contribution in [0.4, 0.5) is 5.82 Å². The number of nitrogens with zero attached hydrogens (tertiary/aromatic N) is 4. The van der Waals surface area contributed by atoms with Gasteiger partial charge in [0.15, 0.2) is 11.5 Å². The Morgan fingerprint density at radius 3 is 2.22 bits per heavy atom. The van der Waals surface area contributed by atoms with Crippen LogP contribution in [0.3, 0.4) is 0 Å². The first-order valence-corrected chi connectivity index (χ1v) is 9.17. The molecule has 1 saturated heterocycles. The first-order chi connectivity index (χ1) is 12.7. The van der Waals surface area contributed by atoms with Crippen molar-refractivity contribution >= 4 is 29.4 Å². The Morgan fingerprint density at radius 1 is 1.00 bits per heavy atom. The molecule has 3 heterocycles. The number of benzene rings is 1. The molecule has 0 unspecified atom stereocenters. The van der Waals surface area contributed by atoms with Gasteiger partial charge in [0.2, 0.25) is 0 Å². The minimum absolute atomic E-state index is 0.384. The largest absolute Gasteiger partial charge is 0.496 e. The molecule has 140 valence electrons. The van der Waals surface area contributed by atoms with Crippen LogP contribution in [-0.2, 0) is 9.31 Å². The quantitative estimate of drug-likeness (QED) is 0.669. The van der Waals surface area contributed by atoms with Crippen LogP contribution < -0.4 is 10.4 Å². The summed E-state index contributed by atoms with van der Waals surface area (Å²) in [6.07, 6.45) is 1.82. The summed E-state index contributed by atoms with van der Waals surface area (Å²) in [5, 5.41) is 5.75. The van der Waals surface area contributed by atoms with Gasteiger partial charge in [-0.05, 0) is 45.9 Å². The summed E-state index contributed by atoms with van der Waals surface area (Å²) in [5.74, 6) is 0.861. The average Bonchev–Trinajstić information content (AvgIpc) is 3.10. The Labute approximate surface area is 160 Å². The van der Waals surface area contributed by atoms with E-state index in [-0.39, 0.29) is 11.2 Å². The Morgan fingerprint density at radius 2 is 1.63 bits per heavy atom. The second kappa shape index (κ2) is 6.07. The molecule has 0 bridgehead atoms. The monoisotopic (exact) mass is 364 g/mol. The van der Waals surface area contributed by atoms with Crippen molar-refractivity contribution in [1.29, 1.82) is 0 Å². The maximum Gasteiger partial charge on any atom is 0.496 e. The van der Waals surface area contributed by atoms with Gasteiger partial charge in [-0.1, -0.05) is 18.2 Å². The topological polar surface area (TPSA) is 52.4 Å². The Bertz CT molecular complexity index is 966. The molecule has 0 atom stereocenters. The molecule has 1 fully saturated rings. The van der Waals surface area contributed by atoms with Crippen molar-refractivity contribution in [2.45, 2.75) is 38.9 Å². The summed E-state index contributed by atoms with van der Waals surface area (Å²) in [6, 6.07) is 12.1. The standard InChI is InChI=1S/C20H25BN4O2/c1-19(2)20(3,4)27-21(26-19)14-12-16-17(22-13-14)25(23-18(16)24(5)6)15-10-8-7-9-11-15/h7-13H,1-6H3. The molecule has 0 N–H and O–H groups in total. The lowest BCUT2D eigenvalue weighted by Crippen LogP contribution is -2.41. The summed E-state index contributed by atoms with van der Waals surface area (Å²) >= 11 is 0. The van der Waals surface area contributed by atoms with Gasteiger partial charge in [-0.2, -0.15) is 0 Å². The van der Waals surface area contributed by atoms with Gasteiger partial charge >= 0.3 is 7.12 Å². The second-order valence-electron chi connectivity index (χ2n) is 8.19. The highest BCUT2D eigenvalue weighted by Gasteiger charge is 2.51. The van der Waals surface area contributed by atoms with E-state index < -0.39 is 7.12 Å². The summed E-state index contributed by atoms with van der Waals surface area (Å²) in [4.78, 5) is 6.71. The van der Waals surface area contributed by atoms with E-state index >= 15 is 0 Å². The van der Waals surface area contributed by atoms with E-state index in [0.717, 1.165) is 28.0 Å². The van der Waals surface area contributed by atoms with Crippen LogP contribution in [0.15, 0.2) is 42.6 Å². The van der Waals surface area contributed by atoms with Gasteiger partial charge in [0.05, 0.1) is 22.3 Å². The van der Waals surface area contributed by atoms with Crippen molar-refractivity contribution in [2.75, 3.05) is 19.0 Å². The Kier molecular flexibility index (Phi) is 4.05. The molecule has 1 aliphatic rings. The molecule has 0 saturated carbocycles. The average molecular weight is 364 g/mol. The van der Waals surface area contributed by atoms with Crippen LogP contribution in [0, 0.1) is 0 Å². The third-order valence-corrected chi connectivity index (χ3v) is 5.47. The highest BCUT2D eigenvalue weighted by atomic mass is 16.7. The highest BCUT2D eigenvalue weighted by Crippen LogP contribution is 2.36. The molecule has 6 nitrogen and oxygen atoms in total. The van der Waals surface area contributed by atoms with E-state index in [4.69, 9.17) is 19.4 Å². The summed E-state index contributed by atoms with van der Waals surface area (Å²) < 4.78 is 14.2. The van der Waals surface area contributed by atoms with Gasteiger partial charge < -0.3 is 14.2 Å². The highest BCUT2D eigenvalue weighted by molar-refractivity contribution is 6.62. The molecule has 27 heavy (non-hydrogen) atoms. The van der Waals surface area contributed by atoms with Gasteiger partial charge in [-0.15, -0.1) is 5.10 Å². The van der Waals surface area contributed by atoms with Crippen molar-refractivity contribution in [3.63, 3.8) is 0 Å². The smallest absolute Gasteiger partial charge is 0.399 e. The van der Waals surface area contributed by atoms with Crippen LogP contribution in [0.5, 0.6) is 0 Å². The van der Waals surface area contributed by atoms with Crippen molar-refractivity contribution in [2.24, 2.45) is 0 Å². The maximum atomic E-state index is 6.19. The Hall–Kier alpha value is -2.38. The zero-order valence-corrected chi connectivity index (χ0v) is 16.7. The van der Waals surface area contributed by atoms with Gasteiger partial charge in [0, 0.05) is 25.8 Å². The molecule has 0 amide bonds. The predicted molar refractivity (Wildman–Crippen MR) is 109 cm³/mol. The molecular formula is C20H25BN4O2. The molecule has 7 heteroatoms. The van der Waals surface area contributed by atoms with Crippen LogP contribution >= 0.6 is 0 Å². The third kappa shape index (κ3) is 2.91. The van der Waals surface area contributed by atoms with Gasteiger partial charge in [0.1, 0.15) is 0 Å². The number of hydrogen-bond acceptors (Lipinski definition) is 5. The second-order valence-corrected chi connectivity index (χ2v) is 8.19. The number of aromatic nitrogens is 3. The summed E-state index contributed by atoms with van der Waals surface area (Å²) in [6.45, 7) is 8.21. The SMILES string of the molecule is CN(C)c1nn(-c2ccccc2)c2ncc(B3OC(C)(C)C(C)(C)O3)cc12. The van der Waals surface area contributed by atoms with Gasteiger partial charge in [-0.3, -0.25) is 0 Å². The lowest BCUT2D eigenvalue weighted by atomic mass is 9.80. The van der Waals surface area contributed by atoms with E-state index in [1.807, 2.05) is 60.2 Å². The predicted octanol–water partition coefficient (Wildman–Crippen LogP) is 2.79. The van der Waals surface area contributed by atoms with Crippen molar-refractivity contribution in [3.8, 4) is 5.69 Å². The van der Waals surface area contributed by atoms with Crippen molar-refractivity contribution in [3.05, 3.63) is 42.6 Å². The van der Waals surface area contributed by atoms with Gasteiger partial charge in [0.25, 0.3) is 0 Å². The molecule has 3 aromatic rings. The fourth-order valence-electron chi connectivity index (χ4n) is 3.19. The van der Waals surface area contributed by atoms with E-state index in [1.54, 1.807) is 0 Å². The number of rotatable bonds is 3. The van der Waals surface area contributed by atoms with Crippen LogP contribution in [0.1, 0.15) is 27.7 Å². The first kappa shape index (κ1) is 18.0. The van der Waals surface area contributed by atoms with Crippen LogP contribution in [0.2, 0.25) is 0 Å². The number of anilines is 1. The molecule has 2 aromatic heterocycles. The molecule has 1 aliphatic heterocycles. The lowest BCUT2D eigenvalue weighted by Gasteiger charge is -2.32. The third-order valence-electron chi connectivity index (χ3n) is 5.47. The summed E-state index contributed by atoms with van der Waals surface area (Å²) in [7, 11) is 3.53. The molecule has 4 rings (SSSR count). The van der Waals surface area contributed by atoms with E-state index in [9.17, 15) is 0 Å². The fourth-order valence-corrected chi connectivity index (χ4v) is 3.19. The minimum atomic E-state index is -0.443. The lowest BCUT2D eigenvalue weighted by molar-refractivity contribution is 0.00578. The fraction of sp³-hybridized carbons (Fsp3) is 0.400. The zero-order valence-electron chi connectivity index (χ0n) is 16.7. The maximum absolute atomic E-state index is 6.19. The van der Waals surface area contributed by atoms with Crippen molar-refractivity contribution < 1.29 is 9.31 Å². The summed E-state index contributed by atoms with van der Waals surface area (Å²) in [5.41, 5.74) is 1.92. The molecule has 0 aliphatic carbocycles. The molecular weight excluding hydrogens is 339 g/mol. The van der Waals surface area contributed by atoms with E-state index in [2.05, 4.69) is 33.8 Å². The number of para-hydroxylation sites is 1. The number of pyridine rings is 1.